The molecular formula is C17H26ClN3O2. The molecule has 1 aromatic rings. The third-order valence-electron chi connectivity index (χ3n) is 4.18. The van der Waals surface area contributed by atoms with Crippen LogP contribution in [0.2, 0.25) is 0 Å². The highest BCUT2D eigenvalue weighted by Crippen LogP contribution is 2.24. The molecule has 3 N–H and O–H groups in total. The van der Waals surface area contributed by atoms with Gasteiger partial charge in [-0.05, 0) is 50.1 Å². The van der Waals surface area contributed by atoms with Crippen LogP contribution in [0.15, 0.2) is 24.3 Å². The molecule has 0 aromatic heterocycles. The summed E-state index contributed by atoms with van der Waals surface area (Å²) in [5, 5.41) is 2.82. The maximum atomic E-state index is 12.6. The molecule has 1 fully saturated rings. The van der Waals surface area contributed by atoms with Crippen molar-refractivity contribution in [3.63, 3.8) is 0 Å². The minimum Gasteiger partial charge on any atom is -0.336 e. The largest absolute Gasteiger partial charge is 0.336 e. The number of hydrogen-bond donors (Lipinski definition) is 2. The Balaban J connectivity index is 0.00000264. The van der Waals surface area contributed by atoms with Crippen LogP contribution in [0.1, 0.15) is 37.6 Å². The molecule has 1 heterocycles. The van der Waals surface area contributed by atoms with E-state index in [0.717, 1.165) is 13.0 Å². The lowest BCUT2D eigenvalue weighted by Gasteiger charge is -2.21. The number of halogens is 1. The van der Waals surface area contributed by atoms with Crippen molar-refractivity contribution in [1.82, 2.24) is 4.90 Å². The number of carbonyl (C=O) groups excluding carboxylic acids is 2. The maximum absolute atomic E-state index is 12.6. The first-order valence-corrected chi connectivity index (χ1v) is 7.84. The molecule has 1 aliphatic rings. The Bertz CT molecular complexity index is 545. The average Bonchev–Trinajstić information content (AvgIpc) is 2.88. The number of benzene rings is 1. The van der Waals surface area contributed by atoms with E-state index >= 15 is 0 Å². The second-order valence-corrected chi connectivity index (χ2v) is 6.37. The minimum atomic E-state index is -0.0695. The third kappa shape index (κ3) is 4.69. The first-order chi connectivity index (χ1) is 10.4. The van der Waals surface area contributed by atoms with Crippen LogP contribution in [-0.4, -0.2) is 35.8 Å². The lowest BCUT2D eigenvalue weighted by molar-refractivity contribution is -0.118. The van der Waals surface area contributed by atoms with Crippen molar-refractivity contribution in [1.29, 1.82) is 0 Å². The summed E-state index contributed by atoms with van der Waals surface area (Å²) in [4.78, 5) is 26.1. The van der Waals surface area contributed by atoms with E-state index < -0.39 is 0 Å². The molecule has 23 heavy (non-hydrogen) atoms. The minimum absolute atomic E-state index is 0. The van der Waals surface area contributed by atoms with Crippen molar-refractivity contribution in [3.05, 3.63) is 29.8 Å². The Morgan fingerprint density at radius 1 is 1.30 bits per heavy atom. The number of nitrogens with one attached hydrogen (secondary N) is 1. The van der Waals surface area contributed by atoms with Crippen LogP contribution in [0.5, 0.6) is 0 Å². The van der Waals surface area contributed by atoms with Gasteiger partial charge in [-0.1, -0.05) is 13.8 Å². The summed E-state index contributed by atoms with van der Waals surface area (Å²) in [6, 6.07) is 7.30. The highest BCUT2D eigenvalue weighted by atomic mass is 35.5. The summed E-state index contributed by atoms with van der Waals surface area (Å²) in [7, 11) is 0. The fraction of sp³-hybridized carbons (Fsp3) is 0.529. The van der Waals surface area contributed by atoms with Gasteiger partial charge in [0, 0.05) is 29.8 Å². The first kappa shape index (κ1) is 19.5. The number of rotatable bonds is 4. The molecule has 1 saturated heterocycles. The smallest absolute Gasteiger partial charge is 0.254 e. The van der Waals surface area contributed by atoms with Gasteiger partial charge < -0.3 is 16.0 Å². The van der Waals surface area contributed by atoms with Gasteiger partial charge in [-0.3, -0.25) is 9.59 Å². The molecule has 5 nitrogen and oxygen atoms in total. The van der Waals surface area contributed by atoms with Crippen molar-refractivity contribution in [2.75, 3.05) is 18.4 Å². The number of likely N-dealkylation sites (tertiary alicyclic amines) is 1. The summed E-state index contributed by atoms with van der Waals surface area (Å²) in [5.74, 6) is 0.326. The second kappa shape index (κ2) is 8.31. The monoisotopic (exact) mass is 339 g/mol. The lowest BCUT2D eigenvalue weighted by atomic mass is 10.1. The molecule has 128 valence electrons. The van der Waals surface area contributed by atoms with E-state index in [1.165, 1.54) is 0 Å². The molecule has 1 aromatic carbocycles. The Labute approximate surface area is 144 Å². The molecule has 2 amide bonds. The van der Waals surface area contributed by atoms with E-state index in [4.69, 9.17) is 5.73 Å². The molecule has 2 atom stereocenters. The summed E-state index contributed by atoms with van der Waals surface area (Å²) in [6.07, 6.45) is 0.963. The molecular weight excluding hydrogens is 314 g/mol. The van der Waals surface area contributed by atoms with Crippen LogP contribution >= 0.6 is 12.4 Å². The van der Waals surface area contributed by atoms with Gasteiger partial charge in [0.15, 0.2) is 0 Å². The zero-order valence-electron chi connectivity index (χ0n) is 13.9. The fourth-order valence-electron chi connectivity index (χ4n) is 2.74. The molecule has 6 heteroatoms. The third-order valence-corrected chi connectivity index (χ3v) is 4.18. The molecule has 0 radical (unpaired) electrons. The van der Waals surface area contributed by atoms with Crippen molar-refractivity contribution in [2.45, 2.75) is 33.2 Å². The van der Waals surface area contributed by atoms with Crippen molar-refractivity contribution in [3.8, 4) is 0 Å². The van der Waals surface area contributed by atoms with Gasteiger partial charge in [0.2, 0.25) is 5.91 Å². The van der Waals surface area contributed by atoms with Crippen LogP contribution < -0.4 is 11.1 Å². The summed E-state index contributed by atoms with van der Waals surface area (Å²) in [6.45, 7) is 7.09. The van der Waals surface area contributed by atoms with Gasteiger partial charge in [-0.2, -0.15) is 0 Å². The van der Waals surface area contributed by atoms with Crippen LogP contribution in [0, 0.1) is 11.8 Å². The SMILES string of the molecule is CC(C)C(=O)Nc1ccc(C(=O)N2CC(CN)CC2C)cc1.Cl. The van der Waals surface area contributed by atoms with Gasteiger partial charge >= 0.3 is 0 Å². The molecule has 1 aliphatic heterocycles. The zero-order chi connectivity index (χ0) is 16.3. The predicted octanol–water partition coefficient (Wildman–Crippen LogP) is 2.51. The van der Waals surface area contributed by atoms with Gasteiger partial charge in [-0.25, -0.2) is 0 Å². The van der Waals surface area contributed by atoms with E-state index in [1.807, 2.05) is 18.7 Å². The standard InChI is InChI=1S/C17H25N3O2.ClH/c1-11(2)16(21)19-15-6-4-14(5-7-15)17(22)20-10-13(9-18)8-12(20)3;/h4-7,11-13H,8-10,18H2,1-3H3,(H,19,21);1H. The van der Waals surface area contributed by atoms with E-state index in [-0.39, 0.29) is 36.2 Å². The predicted molar refractivity (Wildman–Crippen MR) is 94.8 cm³/mol. The van der Waals surface area contributed by atoms with Crippen LogP contribution in [0.4, 0.5) is 5.69 Å². The summed E-state index contributed by atoms with van der Waals surface area (Å²) >= 11 is 0. The molecule has 0 saturated carbocycles. The molecule has 2 unspecified atom stereocenters. The summed E-state index contributed by atoms with van der Waals surface area (Å²) < 4.78 is 0. The fourth-order valence-corrected chi connectivity index (χ4v) is 2.74. The summed E-state index contributed by atoms with van der Waals surface area (Å²) in [5.41, 5.74) is 7.07. The van der Waals surface area contributed by atoms with Crippen LogP contribution in [0.3, 0.4) is 0 Å². The second-order valence-electron chi connectivity index (χ2n) is 6.37. The quantitative estimate of drug-likeness (QED) is 0.885. The topological polar surface area (TPSA) is 75.4 Å². The first-order valence-electron chi connectivity index (χ1n) is 7.84. The Morgan fingerprint density at radius 2 is 1.91 bits per heavy atom. The van der Waals surface area contributed by atoms with E-state index in [0.29, 0.717) is 23.7 Å². The molecule has 0 spiro atoms. The van der Waals surface area contributed by atoms with E-state index in [2.05, 4.69) is 12.2 Å². The van der Waals surface area contributed by atoms with Gasteiger partial charge in [0.1, 0.15) is 0 Å². The highest BCUT2D eigenvalue weighted by Gasteiger charge is 2.31. The Kier molecular flexibility index (Phi) is 7.03. The Morgan fingerprint density at radius 3 is 2.39 bits per heavy atom. The maximum Gasteiger partial charge on any atom is 0.254 e. The number of carbonyl (C=O) groups is 2. The van der Waals surface area contributed by atoms with Crippen molar-refractivity contribution >= 4 is 29.9 Å². The van der Waals surface area contributed by atoms with Crippen molar-refractivity contribution in [2.24, 2.45) is 17.6 Å². The van der Waals surface area contributed by atoms with Gasteiger partial charge in [0.05, 0.1) is 0 Å². The van der Waals surface area contributed by atoms with Gasteiger partial charge in [0.25, 0.3) is 5.91 Å². The van der Waals surface area contributed by atoms with E-state index in [1.54, 1.807) is 24.3 Å². The van der Waals surface area contributed by atoms with Crippen LogP contribution in [0.25, 0.3) is 0 Å². The van der Waals surface area contributed by atoms with E-state index in [9.17, 15) is 9.59 Å². The number of nitrogens with zero attached hydrogens (tertiary/aromatic N) is 1. The Hall–Kier alpha value is -1.59. The molecule has 0 aliphatic carbocycles. The number of amides is 2. The highest BCUT2D eigenvalue weighted by molar-refractivity contribution is 5.96. The zero-order valence-corrected chi connectivity index (χ0v) is 14.7. The lowest BCUT2D eigenvalue weighted by Crippen LogP contribution is -2.34. The van der Waals surface area contributed by atoms with Gasteiger partial charge in [-0.15, -0.1) is 12.4 Å². The van der Waals surface area contributed by atoms with Crippen LogP contribution in [-0.2, 0) is 4.79 Å². The van der Waals surface area contributed by atoms with Crippen molar-refractivity contribution < 1.29 is 9.59 Å². The molecule has 0 bridgehead atoms. The molecule has 2 rings (SSSR count). The average molecular weight is 340 g/mol. The number of anilines is 1. The normalized spacial score (nSPS) is 20.3. The number of hydrogen-bond acceptors (Lipinski definition) is 3. The number of nitrogens with two attached hydrogens (primary N) is 1.